The van der Waals surface area contributed by atoms with Crippen molar-refractivity contribution in [2.75, 3.05) is 5.73 Å². The van der Waals surface area contributed by atoms with Gasteiger partial charge in [-0.15, -0.1) is 0 Å². The summed E-state index contributed by atoms with van der Waals surface area (Å²) >= 11 is 6.23. The Hall–Kier alpha value is -2.20. The summed E-state index contributed by atoms with van der Waals surface area (Å²) in [6.45, 7) is 1.43. The van der Waals surface area contributed by atoms with Crippen molar-refractivity contribution >= 4 is 28.2 Å². The SMILES string of the molecule is Nc1ccc(=O)n(CCCn2cc(Cl)c3ccccc32)c1. The molecule has 4 nitrogen and oxygen atoms in total. The Morgan fingerprint density at radius 1 is 1.00 bits per heavy atom. The number of aryl methyl sites for hydroxylation is 2. The molecule has 108 valence electrons. The average Bonchev–Trinajstić information content (AvgIpc) is 2.80. The number of rotatable bonds is 4. The highest BCUT2D eigenvalue weighted by atomic mass is 35.5. The van der Waals surface area contributed by atoms with Crippen LogP contribution in [0, 0.1) is 0 Å². The molecule has 0 aliphatic heterocycles. The van der Waals surface area contributed by atoms with Gasteiger partial charge in [0.05, 0.1) is 5.02 Å². The van der Waals surface area contributed by atoms with E-state index in [1.807, 2.05) is 30.5 Å². The average molecular weight is 302 g/mol. The van der Waals surface area contributed by atoms with Gasteiger partial charge in [-0.05, 0) is 18.6 Å². The maximum Gasteiger partial charge on any atom is 0.250 e. The van der Waals surface area contributed by atoms with E-state index in [4.69, 9.17) is 17.3 Å². The molecule has 0 radical (unpaired) electrons. The number of nitrogen functional groups attached to an aromatic ring is 1. The number of hydrogen-bond donors (Lipinski definition) is 1. The van der Waals surface area contributed by atoms with Crippen LogP contribution in [0.1, 0.15) is 6.42 Å². The van der Waals surface area contributed by atoms with Crippen molar-refractivity contribution in [1.29, 1.82) is 0 Å². The fourth-order valence-corrected chi connectivity index (χ4v) is 2.80. The van der Waals surface area contributed by atoms with Gasteiger partial charge in [0.15, 0.2) is 0 Å². The Morgan fingerprint density at radius 3 is 2.62 bits per heavy atom. The molecule has 0 atom stereocenters. The maximum absolute atomic E-state index is 11.7. The number of benzene rings is 1. The van der Waals surface area contributed by atoms with Crippen molar-refractivity contribution < 1.29 is 0 Å². The van der Waals surface area contributed by atoms with E-state index in [2.05, 4.69) is 4.57 Å². The smallest absolute Gasteiger partial charge is 0.250 e. The fourth-order valence-electron chi connectivity index (χ4n) is 2.52. The van der Waals surface area contributed by atoms with Crippen molar-refractivity contribution in [3.05, 3.63) is 64.2 Å². The zero-order valence-electron chi connectivity index (χ0n) is 11.5. The third-order valence-electron chi connectivity index (χ3n) is 3.54. The van der Waals surface area contributed by atoms with Gasteiger partial charge in [-0.25, -0.2) is 0 Å². The fraction of sp³-hybridized carbons (Fsp3) is 0.188. The van der Waals surface area contributed by atoms with E-state index < -0.39 is 0 Å². The van der Waals surface area contributed by atoms with Crippen LogP contribution in [0.5, 0.6) is 0 Å². The summed E-state index contributed by atoms with van der Waals surface area (Å²) in [4.78, 5) is 11.7. The van der Waals surface area contributed by atoms with E-state index in [1.165, 1.54) is 6.07 Å². The van der Waals surface area contributed by atoms with Crippen LogP contribution in [0.25, 0.3) is 10.9 Å². The molecule has 2 N–H and O–H groups in total. The van der Waals surface area contributed by atoms with Gasteiger partial charge >= 0.3 is 0 Å². The molecule has 2 aromatic heterocycles. The third-order valence-corrected chi connectivity index (χ3v) is 3.85. The molecule has 0 aliphatic carbocycles. The first-order valence-electron chi connectivity index (χ1n) is 6.84. The lowest BCUT2D eigenvalue weighted by Crippen LogP contribution is -2.19. The molecule has 0 spiro atoms. The quantitative estimate of drug-likeness (QED) is 0.805. The van der Waals surface area contributed by atoms with Gasteiger partial charge in [0.2, 0.25) is 0 Å². The maximum atomic E-state index is 11.7. The minimum absolute atomic E-state index is 0.0282. The van der Waals surface area contributed by atoms with Crippen LogP contribution in [-0.4, -0.2) is 9.13 Å². The molecule has 5 heteroatoms. The van der Waals surface area contributed by atoms with Crippen LogP contribution < -0.4 is 11.3 Å². The summed E-state index contributed by atoms with van der Waals surface area (Å²) in [5, 5.41) is 1.81. The van der Waals surface area contributed by atoms with E-state index in [1.54, 1.807) is 16.8 Å². The first-order chi connectivity index (χ1) is 10.1. The third kappa shape index (κ3) is 2.81. The Balaban J connectivity index is 1.75. The lowest BCUT2D eigenvalue weighted by atomic mass is 10.2. The van der Waals surface area contributed by atoms with Crippen molar-refractivity contribution in [1.82, 2.24) is 9.13 Å². The van der Waals surface area contributed by atoms with Crippen molar-refractivity contribution in [3.8, 4) is 0 Å². The van der Waals surface area contributed by atoms with Gasteiger partial charge in [-0.3, -0.25) is 4.79 Å². The number of pyridine rings is 1. The molecular weight excluding hydrogens is 286 g/mol. The molecule has 3 aromatic rings. The number of para-hydroxylation sites is 1. The molecule has 0 amide bonds. The van der Waals surface area contributed by atoms with Crippen molar-refractivity contribution in [3.63, 3.8) is 0 Å². The van der Waals surface area contributed by atoms with Gasteiger partial charge in [0, 0.05) is 48.1 Å². The second-order valence-corrected chi connectivity index (χ2v) is 5.44. The predicted octanol–water partition coefficient (Wildman–Crippen LogP) is 3.13. The highest BCUT2D eigenvalue weighted by molar-refractivity contribution is 6.35. The monoisotopic (exact) mass is 301 g/mol. The number of halogens is 1. The molecule has 2 heterocycles. The molecule has 0 aliphatic rings. The first-order valence-corrected chi connectivity index (χ1v) is 7.22. The summed E-state index contributed by atoms with van der Waals surface area (Å²) in [6, 6.07) is 11.2. The highest BCUT2D eigenvalue weighted by Crippen LogP contribution is 2.25. The molecule has 1 aromatic carbocycles. The zero-order valence-corrected chi connectivity index (χ0v) is 12.3. The van der Waals surface area contributed by atoms with Crippen LogP contribution in [0.3, 0.4) is 0 Å². The Kier molecular flexibility index (Phi) is 3.71. The molecule has 0 fully saturated rings. The number of nitrogens with zero attached hydrogens (tertiary/aromatic N) is 2. The van der Waals surface area contributed by atoms with E-state index in [0.29, 0.717) is 12.2 Å². The highest BCUT2D eigenvalue weighted by Gasteiger charge is 2.05. The van der Waals surface area contributed by atoms with Crippen LogP contribution in [0.2, 0.25) is 5.02 Å². The zero-order chi connectivity index (χ0) is 14.8. The number of nitrogens with two attached hydrogens (primary N) is 1. The summed E-state index contributed by atoms with van der Waals surface area (Å²) < 4.78 is 3.76. The van der Waals surface area contributed by atoms with E-state index >= 15 is 0 Å². The van der Waals surface area contributed by atoms with E-state index in [9.17, 15) is 4.79 Å². The summed E-state index contributed by atoms with van der Waals surface area (Å²) in [5.74, 6) is 0. The molecule has 0 bridgehead atoms. The summed E-state index contributed by atoms with van der Waals surface area (Å²) in [7, 11) is 0. The van der Waals surface area contributed by atoms with Crippen molar-refractivity contribution in [2.45, 2.75) is 19.5 Å². The topological polar surface area (TPSA) is 53.0 Å². The Morgan fingerprint density at radius 2 is 1.76 bits per heavy atom. The number of aromatic nitrogens is 2. The van der Waals surface area contributed by atoms with E-state index in [0.717, 1.165) is 28.9 Å². The van der Waals surface area contributed by atoms with Crippen LogP contribution in [0.4, 0.5) is 5.69 Å². The standard InChI is InChI=1S/C16H16ClN3O/c17-14-11-19(15-5-2-1-4-13(14)15)8-3-9-20-10-12(18)6-7-16(20)21/h1-2,4-7,10-11H,3,8-9,18H2. The van der Waals surface area contributed by atoms with Gasteiger partial charge in [-0.2, -0.15) is 0 Å². The van der Waals surface area contributed by atoms with Gasteiger partial charge in [0.1, 0.15) is 0 Å². The Bertz CT molecular complexity index is 835. The normalized spacial score (nSPS) is 11.1. The van der Waals surface area contributed by atoms with Crippen LogP contribution in [0.15, 0.2) is 53.6 Å². The molecular formula is C16H16ClN3O. The van der Waals surface area contributed by atoms with E-state index in [-0.39, 0.29) is 5.56 Å². The number of fused-ring (bicyclic) bond motifs is 1. The minimum Gasteiger partial charge on any atom is -0.398 e. The molecule has 21 heavy (non-hydrogen) atoms. The van der Waals surface area contributed by atoms with Gasteiger partial charge in [0.25, 0.3) is 5.56 Å². The van der Waals surface area contributed by atoms with Crippen LogP contribution >= 0.6 is 11.6 Å². The predicted molar refractivity (Wildman–Crippen MR) is 86.7 cm³/mol. The number of hydrogen-bond acceptors (Lipinski definition) is 2. The van der Waals surface area contributed by atoms with Gasteiger partial charge < -0.3 is 14.9 Å². The van der Waals surface area contributed by atoms with Gasteiger partial charge in [-0.1, -0.05) is 29.8 Å². The molecule has 0 saturated carbocycles. The summed E-state index contributed by atoms with van der Waals surface area (Å²) in [5.41, 5.74) is 7.39. The van der Waals surface area contributed by atoms with Crippen molar-refractivity contribution in [2.24, 2.45) is 0 Å². The molecule has 0 unspecified atom stereocenters. The first kappa shape index (κ1) is 13.8. The molecule has 3 rings (SSSR count). The summed E-state index contributed by atoms with van der Waals surface area (Å²) in [6.07, 6.45) is 4.45. The minimum atomic E-state index is -0.0282. The second kappa shape index (κ2) is 5.66. The Labute approximate surface area is 127 Å². The second-order valence-electron chi connectivity index (χ2n) is 5.04. The number of anilines is 1. The lowest BCUT2D eigenvalue weighted by Gasteiger charge is -2.08. The van der Waals surface area contributed by atoms with Crippen LogP contribution in [-0.2, 0) is 13.1 Å². The largest absolute Gasteiger partial charge is 0.398 e. The lowest BCUT2D eigenvalue weighted by molar-refractivity contribution is 0.562. The molecule has 0 saturated heterocycles.